The molecule has 2 rings (SSSR count). The molecule has 1 heterocycles. The molecule has 0 aromatic rings. The van der Waals surface area contributed by atoms with Gasteiger partial charge in [0, 0.05) is 4.32 Å². The SMILES string of the molecule is BrC12CCCCC1CNCC2. The quantitative estimate of drug-likeness (QED) is 0.615. The summed E-state index contributed by atoms with van der Waals surface area (Å²) in [4.78, 5) is 0. The Bertz CT molecular complexity index is 134. The minimum Gasteiger partial charge on any atom is -0.316 e. The lowest BCUT2D eigenvalue weighted by molar-refractivity contribution is 0.224. The Labute approximate surface area is 77.1 Å². The second-order valence-electron chi connectivity index (χ2n) is 3.93. The zero-order valence-electron chi connectivity index (χ0n) is 6.91. The first-order valence-corrected chi connectivity index (χ1v) is 5.50. The third-order valence-electron chi connectivity index (χ3n) is 3.23. The summed E-state index contributed by atoms with van der Waals surface area (Å²) in [6.45, 7) is 2.45. The molecule has 1 nitrogen and oxygen atoms in total. The van der Waals surface area contributed by atoms with Crippen LogP contribution >= 0.6 is 15.9 Å². The standard InChI is InChI=1S/C9H16BrN/c10-9-4-2-1-3-8(9)7-11-6-5-9/h8,11H,1-7H2. The molecule has 0 spiro atoms. The number of nitrogens with one attached hydrogen (secondary N) is 1. The van der Waals surface area contributed by atoms with Crippen molar-refractivity contribution in [1.29, 1.82) is 0 Å². The zero-order chi connectivity index (χ0) is 7.73. The summed E-state index contributed by atoms with van der Waals surface area (Å²) in [6, 6.07) is 0. The predicted molar refractivity (Wildman–Crippen MR) is 51.1 cm³/mol. The topological polar surface area (TPSA) is 12.0 Å². The maximum atomic E-state index is 3.93. The molecule has 1 aliphatic carbocycles. The molecule has 11 heavy (non-hydrogen) atoms. The minimum absolute atomic E-state index is 0.524. The van der Waals surface area contributed by atoms with Gasteiger partial charge in [0.05, 0.1) is 0 Å². The summed E-state index contributed by atoms with van der Waals surface area (Å²) < 4.78 is 0.524. The summed E-state index contributed by atoms with van der Waals surface area (Å²) >= 11 is 3.93. The van der Waals surface area contributed by atoms with Crippen LogP contribution in [0.5, 0.6) is 0 Å². The molecule has 0 radical (unpaired) electrons. The largest absolute Gasteiger partial charge is 0.316 e. The number of rotatable bonds is 0. The van der Waals surface area contributed by atoms with Crippen molar-refractivity contribution >= 4 is 15.9 Å². The normalized spacial score (nSPS) is 45.0. The van der Waals surface area contributed by atoms with E-state index in [0.717, 1.165) is 5.92 Å². The van der Waals surface area contributed by atoms with E-state index in [1.807, 2.05) is 0 Å². The number of fused-ring (bicyclic) bond motifs is 1. The van der Waals surface area contributed by atoms with Gasteiger partial charge < -0.3 is 5.32 Å². The van der Waals surface area contributed by atoms with Gasteiger partial charge in [-0.05, 0) is 38.3 Å². The number of hydrogen-bond donors (Lipinski definition) is 1. The van der Waals surface area contributed by atoms with Crippen LogP contribution in [0.1, 0.15) is 32.1 Å². The van der Waals surface area contributed by atoms with Crippen LogP contribution in [0.2, 0.25) is 0 Å². The van der Waals surface area contributed by atoms with Gasteiger partial charge in [-0.3, -0.25) is 0 Å². The van der Waals surface area contributed by atoms with E-state index < -0.39 is 0 Å². The van der Waals surface area contributed by atoms with E-state index in [0.29, 0.717) is 4.32 Å². The Balaban J connectivity index is 2.06. The van der Waals surface area contributed by atoms with Crippen LogP contribution in [-0.4, -0.2) is 17.4 Å². The van der Waals surface area contributed by atoms with Crippen molar-refractivity contribution in [2.45, 2.75) is 36.4 Å². The fraction of sp³-hybridized carbons (Fsp3) is 1.00. The molecule has 0 bridgehead atoms. The zero-order valence-corrected chi connectivity index (χ0v) is 8.49. The van der Waals surface area contributed by atoms with E-state index in [-0.39, 0.29) is 0 Å². The molecule has 2 heteroatoms. The Hall–Kier alpha value is 0.440. The maximum absolute atomic E-state index is 3.93. The molecule has 0 aromatic heterocycles. The van der Waals surface area contributed by atoms with Gasteiger partial charge in [-0.15, -0.1) is 0 Å². The summed E-state index contributed by atoms with van der Waals surface area (Å²) in [5.74, 6) is 0.907. The van der Waals surface area contributed by atoms with Crippen molar-refractivity contribution in [3.8, 4) is 0 Å². The fourth-order valence-corrected chi connectivity index (χ4v) is 3.33. The highest BCUT2D eigenvalue weighted by Gasteiger charge is 2.39. The van der Waals surface area contributed by atoms with E-state index >= 15 is 0 Å². The van der Waals surface area contributed by atoms with Gasteiger partial charge in [0.2, 0.25) is 0 Å². The van der Waals surface area contributed by atoms with Crippen LogP contribution in [0.3, 0.4) is 0 Å². The van der Waals surface area contributed by atoms with Gasteiger partial charge in [0.1, 0.15) is 0 Å². The molecule has 1 saturated heterocycles. The monoisotopic (exact) mass is 217 g/mol. The lowest BCUT2D eigenvalue weighted by atomic mass is 9.75. The Morgan fingerprint density at radius 1 is 1.27 bits per heavy atom. The van der Waals surface area contributed by atoms with Gasteiger partial charge in [-0.2, -0.15) is 0 Å². The van der Waals surface area contributed by atoms with Crippen LogP contribution in [-0.2, 0) is 0 Å². The van der Waals surface area contributed by atoms with Crippen molar-refractivity contribution in [1.82, 2.24) is 5.32 Å². The average Bonchev–Trinajstić information content (AvgIpc) is 2.03. The van der Waals surface area contributed by atoms with Gasteiger partial charge in [-0.25, -0.2) is 0 Å². The van der Waals surface area contributed by atoms with E-state index in [4.69, 9.17) is 0 Å². The van der Waals surface area contributed by atoms with E-state index in [2.05, 4.69) is 21.2 Å². The van der Waals surface area contributed by atoms with Crippen LogP contribution in [0.15, 0.2) is 0 Å². The molecular formula is C9H16BrN. The second kappa shape index (κ2) is 3.06. The molecule has 64 valence electrons. The fourth-order valence-electron chi connectivity index (χ4n) is 2.46. The molecule has 1 N–H and O–H groups in total. The summed E-state index contributed by atoms with van der Waals surface area (Å²) in [7, 11) is 0. The first-order valence-electron chi connectivity index (χ1n) is 4.71. The molecular weight excluding hydrogens is 202 g/mol. The Kier molecular flexibility index (Phi) is 2.24. The van der Waals surface area contributed by atoms with Crippen LogP contribution in [0.4, 0.5) is 0 Å². The highest BCUT2D eigenvalue weighted by molar-refractivity contribution is 9.10. The van der Waals surface area contributed by atoms with Crippen LogP contribution in [0, 0.1) is 5.92 Å². The second-order valence-corrected chi connectivity index (χ2v) is 5.51. The smallest absolute Gasteiger partial charge is 0.0310 e. The third-order valence-corrected chi connectivity index (χ3v) is 4.68. The summed E-state index contributed by atoms with van der Waals surface area (Å²) in [6.07, 6.45) is 7.04. The highest BCUT2D eigenvalue weighted by atomic mass is 79.9. The third kappa shape index (κ3) is 1.48. The lowest BCUT2D eigenvalue weighted by Crippen LogP contribution is -2.47. The van der Waals surface area contributed by atoms with E-state index in [9.17, 15) is 0 Å². The molecule has 1 aliphatic heterocycles. The summed E-state index contributed by atoms with van der Waals surface area (Å²) in [5.41, 5.74) is 0. The lowest BCUT2D eigenvalue weighted by Gasteiger charge is -2.43. The van der Waals surface area contributed by atoms with E-state index in [1.54, 1.807) is 0 Å². The number of hydrogen-bond acceptors (Lipinski definition) is 1. The number of alkyl halides is 1. The molecule has 0 aromatic carbocycles. The van der Waals surface area contributed by atoms with Crippen molar-refractivity contribution in [3.63, 3.8) is 0 Å². The van der Waals surface area contributed by atoms with Gasteiger partial charge in [0.25, 0.3) is 0 Å². The molecule has 2 atom stereocenters. The first-order chi connectivity index (χ1) is 5.31. The number of piperidine rings is 1. The average molecular weight is 218 g/mol. The first kappa shape index (κ1) is 8.06. The van der Waals surface area contributed by atoms with Gasteiger partial charge >= 0.3 is 0 Å². The van der Waals surface area contributed by atoms with Gasteiger partial charge in [0.15, 0.2) is 0 Å². The Morgan fingerprint density at radius 2 is 2.18 bits per heavy atom. The van der Waals surface area contributed by atoms with Crippen molar-refractivity contribution in [2.75, 3.05) is 13.1 Å². The molecule has 2 unspecified atom stereocenters. The van der Waals surface area contributed by atoms with Crippen LogP contribution in [0.25, 0.3) is 0 Å². The van der Waals surface area contributed by atoms with Crippen molar-refractivity contribution < 1.29 is 0 Å². The van der Waals surface area contributed by atoms with Gasteiger partial charge in [-0.1, -0.05) is 28.8 Å². The molecule has 1 saturated carbocycles. The highest BCUT2D eigenvalue weighted by Crippen LogP contribution is 2.44. The predicted octanol–water partition coefficient (Wildman–Crippen LogP) is 2.30. The van der Waals surface area contributed by atoms with Crippen molar-refractivity contribution in [3.05, 3.63) is 0 Å². The molecule has 2 fully saturated rings. The number of halogens is 1. The molecule has 0 amide bonds. The van der Waals surface area contributed by atoms with Crippen LogP contribution < -0.4 is 5.32 Å². The molecule has 2 aliphatic rings. The van der Waals surface area contributed by atoms with Crippen molar-refractivity contribution in [2.24, 2.45) is 5.92 Å². The van der Waals surface area contributed by atoms with E-state index in [1.165, 1.54) is 45.2 Å². The summed E-state index contributed by atoms with van der Waals surface area (Å²) in [5, 5.41) is 3.48. The Morgan fingerprint density at radius 3 is 3.00 bits per heavy atom. The maximum Gasteiger partial charge on any atom is 0.0310 e. The minimum atomic E-state index is 0.524.